The molecule has 1 atom stereocenters. The number of benzene rings is 5. The zero-order valence-corrected chi connectivity index (χ0v) is 27.1. The first kappa shape index (κ1) is 28.4. The predicted octanol–water partition coefficient (Wildman–Crippen LogP) is 9.99. The van der Waals surface area contributed by atoms with Gasteiger partial charge < -0.3 is 4.57 Å². The summed E-state index contributed by atoms with van der Waals surface area (Å²) >= 11 is 0. The van der Waals surface area contributed by atoms with E-state index in [4.69, 9.17) is 19.9 Å². The van der Waals surface area contributed by atoms with Crippen molar-refractivity contribution in [3.05, 3.63) is 175 Å². The fourth-order valence-electron chi connectivity index (χ4n) is 7.49. The molecule has 1 aliphatic rings. The minimum atomic E-state index is 0.185. The number of pyridine rings is 1. The molecule has 1 unspecified atom stereocenters. The Hall–Kier alpha value is -6.66. The summed E-state index contributed by atoms with van der Waals surface area (Å²) in [5.41, 5.74) is 11.0. The molecule has 4 aromatic heterocycles. The normalized spacial score (nSPS) is 14.0. The van der Waals surface area contributed by atoms with Gasteiger partial charge in [-0.1, -0.05) is 109 Å². The lowest BCUT2D eigenvalue weighted by Gasteiger charge is -2.19. The Bertz CT molecular complexity index is 2670. The van der Waals surface area contributed by atoms with Crippen molar-refractivity contribution in [2.75, 3.05) is 0 Å². The van der Waals surface area contributed by atoms with Gasteiger partial charge in [-0.15, -0.1) is 0 Å². The van der Waals surface area contributed by atoms with Crippen LogP contribution in [-0.4, -0.2) is 29.1 Å². The van der Waals surface area contributed by atoms with Crippen LogP contribution < -0.4 is 0 Å². The maximum absolute atomic E-state index is 5.07. The second-order valence-corrected chi connectivity index (χ2v) is 12.7. The van der Waals surface area contributed by atoms with Crippen LogP contribution >= 0.6 is 0 Å². The molecule has 0 amide bonds. The van der Waals surface area contributed by atoms with Gasteiger partial charge in [0.2, 0.25) is 5.95 Å². The van der Waals surface area contributed by atoms with Gasteiger partial charge in [-0.3, -0.25) is 9.55 Å². The van der Waals surface area contributed by atoms with Crippen LogP contribution in [0.2, 0.25) is 0 Å². The molecule has 0 fully saturated rings. The molecule has 0 saturated heterocycles. The monoisotopic (exact) mass is 642 g/mol. The molecule has 0 spiro atoms. The minimum Gasteiger partial charge on any atom is -0.309 e. The first-order chi connectivity index (χ1) is 24.8. The molecule has 6 heteroatoms. The largest absolute Gasteiger partial charge is 0.309 e. The van der Waals surface area contributed by atoms with Crippen LogP contribution in [0.4, 0.5) is 0 Å². The highest BCUT2D eigenvalue weighted by molar-refractivity contribution is 6.09. The summed E-state index contributed by atoms with van der Waals surface area (Å²) in [6.45, 7) is 0. The second-order valence-electron chi connectivity index (χ2n) is 12.7. The Labute approximate surface area is 288 Å². The van der Waals surface area contributed by atoms with Crippen LogP contribution in [0.5, 0.6) is 0 Å². The van der Waals surface area contributed by atoms with Gasteiger partial charge >= 0.3 is 0 Å². The van der Waals surface area contributed by atoms with Gasteiger partial charge in [0, 0.05) is 45.3 Å². The Morgan fingerprint density at radius 2 is 1.18 bits per heavy atom. The summed E-state index contributed by atoms with van der Waals surface area (Å²) in [6, 6.07) is 50.6. The van der Waals surface area contributed by atoms with E-state index in [0.29, 0.717) is 17.6 Å². The van der Waals surface area contributed by atoms with Crippen LogP contribution in [0.15, 0.2) is 158 Å². The molecule has 0 radical (unpaired) electrons. The summed E-state index contributed by atoms with van der Waals surface area (Å²) in [4.78, 5) is 20.0. The van der Waals surface area contributed by atoms with Gasteiger partial charge in [0.1, 0.15) is 0 Å². The number of fused-ring (bicyclic) bond motifs is 6. The third kappa shape index (κ3) is 4.57. The van der Waals surface area contributed by atoms with E-state index < -0.39 is 0 Å². The molecule has 4 heterocycles. The van der Waals surface area contributed by atoms with Gasteiger partial charge in [0.15, 0.2) is 11.6 Å². The van der Waals surface area contributed by atoms with Gasteiger partial charge in [0.25, 0.3) is 0 Å². The van der Waals surface area contributed by atoms with Crippen molar-refractivity contribution in [3.8, 4) is 34.4 Å². The van der Waals surface area contributed by atoms with E-state index >= 15 is 0 Å². The topological polar surface area (TPSA) is 61.4 Å². The zero-order valence-electron chi connectivity index (χ0n) is 27.1. The van der Waals surface area contributed by atoms with E-state index in [9.17, 15) is 0 Å². The van der Waals surface area contributed by atoms with Crippen LogP contribution in [-0.2, 0) is 6.42 Å². The summed E-state index contributed by atoms with van der Waals surface area (Å²) < 4.78 is 4.52. The van der Waals surface area contributed by atoms with E-state index in [0.717, 1.165) is 40.0 Å². The molecule has 50 heavy (non-hydrogen) atoms. The number of rotatable bonds is 5. The summed E-state index contributed by atoms with van der Waals surface area (Å²) in [5.74, 6) is 2.03. The molecule has 0 saturated carbocycles. The zero-order chi connectivity index (χ0) is 33.0. The van der Waals surface area contributed by atoms with E-state index in [1.807, 2.05) is 72.9 Å². The fraction of sp³-hybridized carbons (Fsp3) is 0.0455. The Balaban J connectivity index is 1.11. The van der Waals surface area contributed by atoms with Crippen LogP contribution in [0.1, 0.15) is 22.7 Å². The Kier molecular flexibility index (Phi) is 6.52. The molecule has 5 aromatic carbocycles. The molecule has 10 rings (SSSR count). The van der Waals surface area contributed by atoms with Gasteiger partial charge in [-0.25, -0.2) is 4.98 Å². The first-order valence-corrected chi connectivity index (χ1v) is 16.9. The van der Waals surface area contributed by atoms with E-state index in [1.165, 1.54) is 32.9 Å². The minimum absolute atomic E-state index is 0.185. The summed E-state index contributed by atoms with van der Waals surface area (Å²) in [5, 5.41) is 2.51. The number of hydrogen-bond donors (Lipinski definition) is 0. The van der Waals surface area contributed by atoms with Gasteiger partial charge in [-0.05, 0) is 60.5 Å². The highest BCUT2D eigenvalue weighted by Crippen LogP contribution is 2.40. The summed E-state index contributed by atoms with van der Waals surface area (Å²) in [6.07, 6.45) is 7.25. The Morgan fingerprint density at radius 1 is 0.540 bits per heavy atom. The summed E-state index contributed by atoms with van der Waals surface area (Å²) in [7, 11) is 0. The number of para-hydroxylation sites is 2. The molecule has 0 bridgehead atoms. The van der Waals surface area contributed by atoms with E-state index in [2.05, 4.69) is 100 Å². The Morgan fingerprint density at radius 3 is 1.92 bits per heavy atom. The average molecular weight is 643 g/mol. The van der Waals surface area contributed by atoms with E-state index in [-0.39, 0.29) is 5.92 Å². The van der Waals surface area contributed by atoms with Gasteiger partial charge in [0.05, 0.1) is 27.8 Å². The SMILES string of the molecule is C1=CC(c2ccc3c(c2)c2ccccc2n3-c2ccccc2)Cc2c1n(-c1nc(-c3ccccc3)nc(-c3ccccc3)n1)c1cccnc21. The smallest absolute Gasteiger partial charge is 0.238 e. The lowest BCUT2D eigenvalue weighted by Crippen LogP contribution is -2.10. The van der Waals surface area contributed by atoms with Crippen molar-refractivity contribution in [2.24, 2.45) is 0 Å². The van der Waals surface area contributed by atoms with Crippen molar-refractivity contribution >= 4 is 38.9 Å². The number of nitrogens with zero attached hydrogens (tertiary/aromatic N) is 6. The fourth-order valence-corrected chi connectivity index (χ4v) is 7.49. The molecule has 6 nitrogen and oxygen atoms in total. The molecule has 0 aliphatic heterocycles. The van der Waals surface area contributed by atoms with Crippen molar-refractivity contribution in [1.29, 1.82) is 0 Å². The molecule has 0 N–H and O–H groups in total. The standard InChI is InChI=1S/C44H30N6/c1-4-13-29(14-5-1)42-46-43(30-15-6-2-7-16-30)48-44(47-42)50-39-25-23-32(28-36(39)41-40(50)21-12-26-45-41)31-22-24-38-35(27-31)34-19-10-11-20-37(34)49(38)33-17-8-3-9-18-33/h1-27,32H,28H2. The highest BCUT2D eigenvalue weighted by atomic mass is 15.2. The van der Waals surface area contributed by atoms with Crippen molar-refractivity contribution in [1.82, 2.24) is 29.1 Å². The van der Waals surface area contributed by atoms with Crippen LogP contribution in [0.3, 0.4) is 0 Å². The molecule has 236 valence electrons. The number of allylic oxidation sites excluding steroid dienone is 1. The third-order valence-electron chi connectivity index (χ3n) is 9.80. The van der Waals surface area contributed by atoms with Crippen molar-refractivity contribution < 1.29 is 0 Å². The lowest BCUT2D eigenvalue weighted by atomic mass is 9.87. The molecule has 9 aromatic rings. The first-order valence-electron chi connectivity index (χ1n) is 16.9. The number of aromatic nitrogens is 6. The van der Waals surface area contributed by atoms with Crippen molar-refractivity contribution in [2.45, 2.75) is 12.3 Å². The van der Waals surface area contributed by atoms with Crippen LogP contribution in [0, 0.1) is 0 Å². The molecular weight excluding hydrogens is 613 g/mol. The number of hydrogen-bond acceptors (Lipinski definition) is 4. The predicted molar refractivity (Wildman–Crippen MR) is 202 cm³/mol. The maximum atomic E-state index is 5.07. The lowest BCUT2D eigenvalue weighted by molar-refractivity contribution is 0.819. The highest BCUT2D eigenvalue weighted by Gasteiger charge is 2.27. The third-order valence-corrected chi connectivity index (χ3v) is 9.80. The van der Waals surface area contributed by atoms with E-state index in [1.54, 1.807) is 0 Å². The molecule has 1 aliphatic carbocycles. The maximum Gasteiger partial charge on any atom is 0.238 e. The molecular formula is C44H30N6. The van der Waals surface area contributed by atoms with Crippen molar-refractivity contribution in [3.63, 3.8) is 0 Å². The second kappa shape index (κ2) is 11.5. The quantitative estimate of drug-likeness (QED) is 0.187. The van der Waals surface area contributed by atoms with Crippen LogP contribution in [0.25, 0.3) is 73.3 Å². The average Bonchev–Trinajstić information content (AvgIpc) is 3.71. The van der Waals surface area contributed by atoms with Gasteiger partial charge in [-0.2, -0.15) is 9.97 Å².